The van der Waals surface area contributed by atoms with Gasteiger partial charge < -0.3 is 15.1 Å². The van der Waals surface area contributed by atoms with Crippen molar-refractivity contribution in [3.63, 3.8) is 0 Å². The third-order valence-corrected chi connectivity index (χ3v) is 3.70. The van der Waals surface area contributed by atoms with E-state index in [1.165, 1.54) is 0 Å². The minimum absolute atomic E-state index is 0.0653. The molecule has 2 N–H and O–H groups in total. The quantitative estimate of drug-likeness (QED) is 0.633. The Kier molecular flexibility index (Phi) is 3.91. The zero-order chi connectivity index (χ0) is 15.0. The fourth-order valence-electron chi connectivity index (χ4n) is 2.22. The molecule has 1 aliphatic heterocycles. The van der Waals surface area contributed by atoms with Gasteiger partial charge in [0.05, 0.1) is 15.5 Å². The molecule has 0 spiro atoms. The van der Waals surface area contributed by atoms with Crippen LogP contribution >= 0.6 is 15.9 Å². The van der Waals surface area contributed by atoms with E-state index in [1.807, 2.05) is 0 Å². The number of benzene rings is 1. The smallest absolute Gasteiger partial charge is 0.326 e. The summed E-state index contributed by atoms with van der Waals surface area (Å²) in [6.07, 6.45) is -0.994. The summed E-state index contributed by atoms with van der Waals surface area (Å²) in [5.41, 5.74) is -0.571. The standard InChI is InChI=1S/C11H10BrFN2O5/c12-6-2-9(15(19)20)8(3-7(6)13)14-4-5(16)1-10(14)11(17)18/h2-3,5,10,16H,1,4H2,(H,17,18). The van der Waals surface area contributed by atoms with Crippen LogP contribution in [0, 0.1) is 15.9 Å². The van der Waals surface area contributed by atoms with Gasteiger partial charge in [-0.3, -0.25) is 10.1 Å². The first-order valence-corrected chi connectivity index (χ1v) is 6.41. The minimum Gasteiger partial charge on any atom is -0.480 e. The van der Waals surface area contributed by atoms with Gasteiger partial charge in [0.1, 0.15) is 17.5 Å². The molecule has 0 amide bonds. The summed E-state index contributed by atoms with van der Waals surface area (Å²) in [7, 11) is 0. The molecule has 2 unspecified atom stereocenters. The molecule has 7 nitrogen and oxygen atoms in total. The fourth-order valence-corrected chi connectivity index (χ4v) is 2.55. The highest BCUT2D eigenvalue weighted by Gasteiger charge is 2.39. The van der Waals surface area contributed by atoms with Gasteiger partial charge >= 0.3 is 5.97 Å². The van der Waals surface area contributed by atoms with Crippen LogP contribution in [0.25, 0.3) is 0 Å². The Morgan fingerprint density at radius 3 is 2.75 bits per heavy atom. The topological polar surface area (TPSA) is 104 Å². The molecule has 2 rings (SSSR count). The van der Waals surface area contributed by atoms with Gasteiger partial charge in [-0.05, 0) is 15.9 Å². The van der Waals surface area contributed by atoms with Crippen LogP contribution in [0.15, 0.2) is 16.6 Å². The zero-order valence-electron chi connectivity index (χ0n) is 9.99. The van der Waals surface area contributed by atoms with Crippen LogP contribution in [0.5, 0.6) is 0 Å². The van der Waals surface area contributed by atoms with Crippen molar-refractivity contribution in [3.05, 3.63) is 32.5 Å². The van der Waals surface area contributed by atoms with Gasteiger partial charge in [0, 0.05) is 25.1 Å². The van der Waals surface area contributed by atoms with Crippen LogP contribution in [0.1, 0.15) is 6.42 Å². The van der Waals surface area contributed by atoms with E-state index in [1.54, 1.807) is 0 Å². The lowest BCUT2D eigenvalue weighted by molar-refractivity contribution is -0.384. The third-order valence-electron chi connectivity index (χ3n) is 3.09. The number of nitro benzene ring substituents is 1. The predicted molar refractivity (Wildman–Crippen MR) is 70.1 cm³/mol. The van der Waals surface area contributed by atoms with E-state index in [4.69, 9.17) is 5.11 Å². The van der Waals surface area contributed by atoms with Crippen molar-refractivity contribution in [2.75, 3.05) is 11.4 Å². The largest absolute Gasteiger partial charge is 0.480 e. The Morgan fingerprint density at radius 2 is 2.20 bits per heavy atom. The second kappa shape index (κ2) is 5.33. The minimum atomic E-state index is -1.22. The maximum absolute atomic E-state index is 13.6. The Balaban J connectivity index is 2.53. The molecule has 1 saturated heterocycles. The van der Waals surface area contributed by atoms with E-state index in [2.05, 4.69) is 15.9 Å². The summed E-state index contributed by atoms with van der Waals surface area (Å²) in [5, 5.41) is 29.7. The lowest BCUT2D eigenvalue weighted by Crippen LogP contribution is -2.36. The van der Waals surface area contributed by atoms with Crippen molar-refractivity contribution >= 4 is 33.3 Å². The van der Waals surface area contributed by atoms with Crippen molar-refractivity contribution < 1.29 is 24.3 Å². The molecular formula is C11H10BrFN2O5. The van der Waals surface area contributed by atoms with Crippen molar-refractivity contribution in [1.82, 2.24) is 0 Å². The molecule has 0 radical (unpaired) electrons. The van der Waals surface area contributed by atoms with E-state index >= 15 is 0 Å². The maximum atomic E-state index is 13.6. The van der Waals surface area contributed by atoms with Crippen LogP contribution in [0.4, 0.5) is 15.8 Å². The summed E-state index contributed by atoms with van der Waals surface area (Å²) < 4.78 is 13.5. The summed E-state index contributed by atoms with van der Waals surface area (Å²) in [6, 6.07) is 0.758. The molecule has 1 aliphatic rings. The van der Waals surface area contributed by atoms with Gasteiger partial charge in [-0.2, -0.15) is 0 Å². The van der Waals surface area contributed by atoms with Gasteiger partial charge in [0.25, 0.3) is 5.69 Å². The first kappa shape index (κ1) is 14.7. The average Bonchev–Trinajstić information content (AvgIpc) is 2.74. The Hall–Kier alpha value is -1.74. The fraction of sp³-hybridized carbons (Fsp3) is 0.364. The summed E-state index contributed by atoms with van der Waals surface area (Å²) >= 11 is 2.85. The van der Waals surface area contributed by atoms with Crippen molar-refractivity contribution in [2.24, 2.45) is 0 Å². The van der Waals surface area contributed by atoms with Gasteiger partial charge in [-0.1, -0.05) is 0 Å². The molecule has 1 aromatic carbocycles. The molecular weight excluding hydrogens is 339 g/mol. The number of anilines is 1. The number of rotatable bonds is 3. The normalized spacial score (nSPS) is 22.1. The molecule has 2 atom stereocenters. The zero-order valence-corrected chi connectivity index (χ0v) is 11.6. The van der Waals surface area contributed by atoms with Crippen molar-refractivity contribution in [3.8, 4) is 0 Å². The first-order chi connectivity index (χ1) is 9.31. The summed E-state index contributed by atoms with van der Waals surface area (Å²) in [4.78, 5) is 22.6. The van der Waals surface area contributed by atoms with Crippen LogP contribution in [-0.2, 0) is 4.79 Å². The van der Waals surface area contributed by atoms with Crippen LogP contribution in [-0.4, -0.2) is 39.8 Å². The van der Waals surface area contributed by atoms with E-state index < -0.39 is 34.5 Å². The first-order valence-electron chi connectivity index (χ1n) is 5.62. The molecule has 0 aliphatic carbocycles. The summed E-state index contributed by atoms with van der Waals surface area (Å²) in [5.74, 6) is -1.96. The van der Waals surface area contributed by atoms with Gasteiger partial charge in [-0.25, -0.2) is 9.18 Å². The Bertz CT molecular complexity index is 582. The van der Waals surface area contributed by atoms with Crippen LogP contribution < -0.4 is 4.90 Å². The number of carbonyl (C=O) groups is 1. The monoisotopic (exact) mass is 348 g/mol. The number of aliphatic hydroxyl groups excluding tert-OH is 1. The highest BCUT2D eigenvalue weighted by molar-refractivity contribution is 9.10. The van der Waals surface area contributed by atoms with E-state index in [0.717, 1.165) is 17.0 Å². The predicted octanol–water partition coefficient (Wildman–Crippen LogP) is 1.52. The molecule has 9 heteroatoms. The van der Waals surface area contributed by atoms with Crippen LogP contribution in [0.2, 0.25) is 0 Å². The molecule has 1 fully saturated rings. The Morgan fingerprint density at radius 1 is 1.55 bits per heavy atom. The SMILES string of the molecule is O=C(O)C1CC(O)CN1c1cc(F)c(Br)cc1[N+](=O)[O-]. The second-order valence-corrected chi connectivity index (χ2v) is 5.26. The second-order valence-electron chi connectivity index (χ2n) is 4.41. The number of nitro groups is 1. The maximum Gasteiger partial charge on any atom is 0.326 e. The molecule has 0 bridgehead atoms. The lowest BCUT2D eigenvalue weighted by atomic mass is 10.2. The van der Waals surface area contributed by atoms with Gasteiger partial charge in [0.2, 0.25) is 0 Å². The number of aliphatic carboxylic acids is 1. The molecule has 20 heavy (non-hydrogen) atoms. The molecule has 108 valence electrons. The van der Waals surface area contributed by atoms with Gasteiger partial charge in [-0.15, -0.1) is 0 Å². The number of β-amino-alcohol motifs (C(OH)–C–C–N with tert-alkyl or cyclic N) is 1. The Labute approximate surface area is 120 Å². The summed E-state index contributed by atoms with van der Waals surface area (Å²) in [6.45, 7) is -0.0983. The number of nitrogens with zero attached hydrogens (tertiary/aromatic N) is 2. The molecule has 1 aromatic rings. The third kappa shape index (κ3) is 2.59. The number of carboxylic acids is 1. The lowest BCUT2D eigenvalue weighted by Gasteiger charge is -2.23. The highest BCUT2D eigenvalue weighted by atomic mass is 79.9. The number of aliphatic hydroxyl groups is 1. The van der Waals surface area contributed by atoms with Gasteiger partial charge in [0.15, 0.2) is 0 Å². The number of halogens is 2. The van der Waals surface area contributed by atoms with E-state index in [-0.39, 0.29) is 23.1 Å². The molecule has 0 aromatic heterocycles. The number of carboxylic acid groups (broad SMARTS) is 1. The van der Waals surface area contributed by atoms with E-state index in [0.29, 0.717) is 0 Å². The van der Waals surface area contributed by atoms with E-state index in [9.17, 15) is 24.4 Å². The molecule has 0 saturated carbocycles. The van der Waals surface area contributed by atoms with Crippen molar-refractivity contribution in [1.29, 1.82) is 0 Å². The highest BCUT2D eigenvalue weighted by Crippen LogP contribution is 2.37. The van der Waals surface area contributed by atoms with Crippen molar-refractivity contribution in [2.45, 2.75) is 18.6 Å². The molecule has 1 heterocycles. The average molecular weight is 349 g/mol. The number of hydrogen-bond acceptors (Lipinski definition) is 5. The number of hydrogen-bond donors (Lipinski definition) is 2. The van der Waals surface area contributed by atoms with Crippen LogP contribution in [0.3, 0.4) is 0 Å².